The molecule has 1 saturated heterocycles. The molecule has 1 heterocycles. The quantitative estimate of drug-likeness (QED) is 0.506. The summed E-state index contributed by atoms with van der Waals surface area (Å²) in [5, 5.41) is 0. The number of benzene rings is 3. The highest BCUT2D eigenvalue weighted by molar-refractivity contribution is 5.39. The van der Waals surface area contributed by atoms with Crippen LogP contribution in [0.1, 0.15) is 23.7 Å². The van der Waals surface area contributed by atoms with Crippen LogP contribution in [-0.2, 0) is 4.74 Å². The zero-order chi connectivity index (χ0) is 20.6. The predicted octanol–water partition coefficient (Wildman–Crippen LogP) is 4.95. The van der Waals surface area contributed by atoms with E-state index in [0.29, 0.717) is 6.61 Å². The van der Waals surface area contributed by atoms with Gasteiger partial charge in [-0.15, -0.1) is 0 Å². The third kappa shape index (κ3) is 5.21. The molecule has 0 amide bonds. The lowest BCUT2D eigenvalue weighted by molar-refractivity contribution is 0.0137. The zero-order valence-electron chi connectivity index (χ0n) is 17.4. The van der Waals surface area contributed by atoms with Crippen molar-refractivity contribution in [3.8, 4) is 11.5 Å². The first kappa shape index (κ1) is 20.5. The third-order valence-corrected chi connectivity index (χ3v) is 5.50. The van der Waals surface area contributed by atoms with E-state index in [9.17, 15) is 0 Å². The first-order chi connectivity index (χ1) is 14.8. The average molecular weight is 404 g/mol. The van der Waals surface area contributed by atoms with Crippen molar-refractivity contribution < 1.29 is 14.2 Å². The van der Waals surface area contributed by atoms with Gasteiger partial charge in [0.1, 0.15) is 12.7 Å². The fraction of sp³-hybridized carbons (Fsp3) is 0.308. The largest absolute Gasteiger partial charge is 0.493 e. The smallest absolute Gasteiger partial charge is 0.161 e. The van der Waals surface area contributed by atoms with Crippen LogP contribution in [0.2, 0.25) is 0 Å². The molecule has 156 valence electrons. The average Bonchev–Trinajstić information content (AvgIpc) is 3.26. The molecule has 1 aliphatic rings. The molecule has 0 N–H and O–H groups in total. The summed E-state index contributed by atoms with van der Waals surface area (Å²) < 4.78 is 17.9. The van der Waals surface area contributed by atoms with E-state index in [0.717, 1.165) is 37.6 Å². The Hall–Kier alpha value is -2.82. The van der Waals surface area contributed by atoms with Gasteiger partial charge in [-0.1, -0.05) is 72.8 Å². The Morgan fingerprint density at radius 3 is 2.07 bits per heavy atom. The molecular formula is C26H29NO3. The highest BCUT2D eigenvalue weighted by Crippen LogP contribution is 2.30. The van der Waals surface area contributed by atoms with Crippen LogP contribution in [0.5, 0.6) is 11.5 Å². The third-order valence-electron chi connectivity index (χ3n) is 5.50. The van der Waals surface area contributed by atoms with E-state index in [2.05, 4.69) is 53.4 Å². The van der Waals surface area contributed by atoms with Gasteiger partial charge in [0.05, 0.1) is 13.2 Å². The van der Waals surface area contributed by atoms with Gasteiger partial charge in [-0.05, 0) is 29.7 Å². The molecule has 0 bridgehead atoms. The van der Waals surface area contributed by atoms with Crippen LogP contribution in [0.25, 0.3) is 0 Å². The molecule has 1 unspecified atom stereocenters. The number of likely N-dealkylation sites (tertiary alicyclic amines) is 1. The number of ether oxygens (including phenoxy) is 3. The zero-order valence-corrected chi connectivity index (χ0v) is 17.4. The Bertz CT molecular complexity index is 861. The van der Waals surface area contributed by atoms with Crippen molar-refractivity contribution >= 4 is 0 Å². The molecule has 1 fully saturated rings. The first-order valence-electron chi connectivity index (χ1n) is 10.6. The summed E-state index contributed by atoms with van der Waals surface area (Å²) in [6.45, 7) is 3.45. The van der Waals surface area contributed by atoms with Crippen molar-refractivity contribution in [2.24, 2.45) is 0 Å². The highest BCUT2D eigenvalue weighted by atomic mass is 16.5. The van der Waals surface area contributed by atoms with Gasteiger partial charge in [-0.3, -0.25) is 4.90 Å². The summed E-state index contributed by atoms with van der Waals surface area (Å²) in [6, 6.07) is 28.7. The van der Waals surface area contributed by atoms with E-state index < -0.39 is 0 Å². The minimum Gasteiger partial charge on any atom is -0.493 e. The summed E-state index contributed by atoms with van der Waals surface area (Å²) in [5.41, 5.74) is 2.39. The van der Waals surface area contributed by atoms with Crippen molar-refractivity contribution in [1.82, 2.24) is 4.90 Å². The van der Waals surface area contributed by atoms with Crippen molar-refractivity contribution in [3.63, 3.8) is 0 Å². The Morgan fingerprint density at radius 2 is 1.43 bits per heavy atom. The Morgan fingerprint density at radius 1 is 0.833 bits per heavy atom. The van der Waals surface area contributed by atoms with E-state index >= 15 is 0 Å². The van der Waals surface area contributed by atoms with E-state index in [1.54, 1.807) is 7.11 Å². The van der Waals surface area contributed by atoms with Gasteiger partial charge in [-0.2, -0.15) is 0 Å². The summed E-state index contributed by atoms with van der Waals surface area (Å²) in [4.78, 5) is 2.41. The van der Waals surface area contributed by atoms with E-state index in [4.69, 9.17) is 14.2 Å². The van der Waals surface area contributed by atoms with Gasteiger partial charge in [0.15, 0.2) is 11.5 Å². The standard InChI is InChI=1S/C26H29NO3/c1-28-24-14-8-9-15-25(24)29-19-18-27-17-16-23(20-27)30-26(21-10-4-2-5-11-21)22-12-6-3-7-13-22/h2-15,23,26H,16-20H2,1H3. The Balaban J connectivity index is 1.33. The maximum absolute atomic E-state index is 6.61. The molecule has 3 aromatic rings. The molecule has 0 aliphatic carbocycles. The summed E-state index contributed by atoms with van der Waals surface area (Å²) in [7, 11) is 1.67. The van der Waals surface area contributed by atoms with Gasteiger partial charge in [-0.25, -0.2) is 0 Å². The van der Waals surface area contributed by atoms with E-state index in [1.807, 2.05) is 36.4 Å². The summed E-state index contributed by atoms with van der Waals surface area (Å²) in [5.74, 6) is 1.56. The number of nitrogens with zero attached hydrogens (tertiary/aromatic N) is 1. The van der Waals surface area contributed by atoms with Crippen LogP contribution in [0.15, 0.2) is 84.9 Å². The monoisotopic (exact) mass is 403 g/mol. The first-order valence-corrected chi connectivity index (χ1v) is 10.6. The van der Waals surface area contributed by atoms with Gasteiger partial charge < -0.3 is 14.2 Å². The summed E-state index contributed by atoms with van der Waals surface area (Å²) in [6.07, 6.45) is 1.20. The number of methoxy groups -OCH3 is 1. The maximum atomic E-state index is 6.61. The van der Waals surface area contributed by atoms with Crippen molar-refractivity contribution in [2.45, 2.75) is 18.6 Å². The molecular weight excluding hydrogens is 374 g/mol. The minimum absolute atomic E-state index is 0.0396. The van der Waals surface area contributed by atoms with Crippen LogP contribution >= 0.6 is 0 Å². The molecule has 0 radical (unpaired) electrons. The normalized spacial score (nSPS) is 16.7. The van der Waals surface area contributed by atoms with Gasteiger partial charge in [0, 0.05) is 19.6 Å². The second kappa shape index (κ2) is 10.3. The van der Waals surface area contributed by atoms with E-state index in [1.165, 1.54) is 11.1 Å². The van der Waals surface area contributed by atoms with Gasteiger partial charge in [0.25, 0.3) is 0 Å². The van der Waals surface area contributed by atoms with Crippen LogP contribution < -0.4 is 9.47 Å². The van der Waals surface area contributed by atoms with Crippen LogP contribution in [0, 0.1) is 0 Å². The van der Waals surface area contributed by atoms with Crippen molar-refractivity contribution in [2.75, 3.05) is 33.4 Å². The van der Waals surface area contributed by atoms with Gasteiger partial charge >= 0.3 is 0 Å². The molecule has 0 saturated carbocycles. The lowest BCUT2D eigenvalue weighted by Gasteiger charge is -2.24. The predicted molar refractivity (Wildman–Crippen MR) is 119 cm³/mol. The van der Waals surface area contributed by atoms with Crippen molar-refractivity contribution in [1.29, 1.82) is 0 Å². The lowest BCUT2D eigenvalue weighted by Crippen LogP contribution is -2.28. The second-order valence-electron chi connectivity index (χ2n) is 7.55. The van der Waals surface area contributed by atoms with Crippen LogP contribution in [0.3, 0.4) is 0 Å². The molecule has 4 rings (SSSR count). The Labute approximate surface area is 179 Å². The number of hydrogen-bond acceptors (Lipinski definition) is 4. The van der Waals surface area contributed by atoms with E-state index in [-0.39, 0.29) is 12.2 Å². The summed E-state index contributed by atoms with van der Waals surface area (Å²) >= 11 is 0. The number of rotatable bonds is 9. The number of hydrogen-bond donors (Lipinski definition) is 0. The minimum atomic E-state index is -0.0396. The fourth-order valence-corrected chi connectivity index (χ4v) is 3.93. The highest BCUT2D eigenvalue weighted by Gasteiger charge is 2.27. The molecule has 1 atom stereocenters. The molecule has 30 heavy (non-hydrogen) atoms. The molecule has 0 aromatic heterocycles. The maximum Gasteiger partial charge on any atom is 0.161 e. The molecule has 1 aliphatic heterocycles. The molecule has 4 nitrogen and oxygen atoms in total. The fourth-order valence-electron chi connectivity index (χ4n) is 3.93. The van der Waals surface area contributed by atoms with Crippen molar-refractivity contribution in [3.05, 3.63) is 96.1 Å². The Kier molecular flexibility index (Phi) is 7.01. The second-order valence-corrected chi connectivity index (χ2v) is 7.55. The van der Waals surface area contributed by atoms with Crippen LogP contribution in [0.4, 0.5) is 0 Å². The topological polar surface area (TPSA) is 30.9 Å². The molecule has 0 spiro atoms. The molecule has 4 heteroatoms. The van der Waals surface area contributed by atoms with Gasteiger partial charge in [0.2, 0.25) is 0 Å². The number of para-hydroxylation sites is 2. The SMILES string of the molecule is COc1ccccc1OCCN1CCC(OC(c2ccccc2)c2ccccc2)C1. The molecule has 3 aromatic carbocycles. The lowest BCUT2D eigenvalue weighted by atomic mass is 10.0. The van der Waals surface area contributed by atoms with Crippen LogP contribution in [-0.4, -0.2) is 44.4 Å².